The van der Waals surface area contributed by atoms with E-state index in [2.05, 4.69) is 4.74 Å². The van der Waals surface area contributed by atoms with Crippen LogP contribution in [0.1, 0.15) is 19.3 Å². The lowest BCUT2D eigenvalue weighted by atomic mass is 10.1. The second kappa shape index (κ2) is 7.82. The predicted molar refractivity (Wildman–Crippen MR) is 48.7 cm³/mol. The van der Waals surface area contributed by atoms with Crippen LogP contribution in [0.3, 0.4) is 0 Å². The van der Waals surface area contributed by atoms with Crippen molar-refractivity contribution in [1.29, 1.82) is 0 Å². The molecule has 0 heterocycles. The number of hydrogen-bond acceptors (Lipinski definition) is 4. The van der Waals surface area contributed by atoms with Crippen LogP contribution in [0.2, 0.25) is 0 Å². The molecule has 3 N–H and O–H groups in total. The predicted octanol–water partition coefficient (Wildman–Crippen LogP) is 0.163. The Balaban J connectivity index is 0. The topological polar surface area (TPSA) is 89.6 Å². The molecule has 5 nitrogen and oxygen atoms in total. The molecule has 0 saturated carbocycles. The van der Waals surface area contributed by atoms with Crippen molar-refractivity contribution in [2.75, 3.05) is 7.11 Å². The van der Waals surface area contributed by atoms with Crippen molar-refractivity contribution in [3.63, 3.8) is 0 Å². The lowest BCUT2D eigenvalue weighted by Gasteiger charge is -2.06. The van der Waals surface area contributed by atoms with Crippen LogP contribution >= 0.6 is 12.4 Å². The first-order valence-electron chi connectivity index (χ1n) is 3.60. The molecule has 0 amide bonds. The quantitative estimate of drug-likeness (QED) is 0.633. The van der Waals surface area contributed by atoms with Gasteiger partial charge in [-0.25, -0.2) is 0 Å². The average Bonchev–Trinajstić information content (AvgIpc) is 1.99. The van der Waals surface area contributed by atoms with Gasteiger partial charge in [0.2, 0.25) is 0 Å². The standard InChI is InChI=1S/C7H13NO4.ClH/c1-12-7(11)3-2-5(8)4-6(9)10;/h5H,2-4,8H2,1H3,(H,9,10);1H. The van der Waals surface area contributed by atoms with Gasteiger partial charge in [-0.1, -0.05) is 0 Å². The van der Waals surface area contributed by atoms with E-state index in [4.69, 9.17) is 10.8 Å². The SMILES string of the molecule is COC(=O)CCC(N)CC(=O)O.Cl. The minimum atomic E-state index is -0.952. The second-order valence-electron chi connectivity index (χ2n) is 2.47. The summed E-state index contributed by atoms with van der Waals surface area (Å²) >= 11 is 0. The molecule has 78 valence electrons. The zero-order chi connectivity index (χ0) is 9.56. The lowest BCUT2D eigenvalue weighted by Crippen LogP contribution is -2.24. The van der Waals surface area contributed by atoms with Crippen LogP contribution in [-0.2, 0) is 14.3 Å². The molecule has 6 heteroatoms. The largest absolute Gasteiger partial charge is 0.481 e. The molecule has 13 heavy (non-hydrogen) atoms. The van der Waals surface area contributed by atoms with Gasteiger partial charge in [-0.3, -0.25) is 9.59 Å². The Hall–Kier alpha value is -0.810. The van der Waals surface area contributed by atoms with Gasteiger partial charge in [0.05, 0.1) is 13.5 Å². The zero-order valence-corrected chi connectivity index (χ0v) is 8.17. The van der Waals surface area contributed by atoms with Gasteiger partial charge in [0.1, 0.15) is 0 Å². The van der Waals surface area contributed by atoms with Crippen LogP contribution in [0.4, 0.5) is 0 Å². The molecule has 0 aromatic carbocycles. The van der Waals surface area contributed by atoms with Crippen molar-refractivity contribution >= 4 is 24.3 Å². The van der Waals surface area contributed by atoms with Gasteiger partial charge in [-0.15, -0.1) is 12.4 Å². The number of carbonyl (C=O) groups is 2. The fourth-order valence-corrected chi connectivity index (χ4v) is 0.732. The van der Waals surface area contributed by atoms with E-state index in [-0.39, 0.29) is 31.2 Å². The van der Waals surface area contributed by atoms with Gasteiger partial charge < -0.3 is 15.6 Å². The van der Waals surface area contributed by atoms with Crippen LogP contribution in [0.5, 0.6) is 0 Å². The van der Waals surface area contributed by atoms with Crippen molar-refractivity contribution in [1.82, 2.24) is 0 Å². The van der Waals surface area contributed by atoms with Crippen LogP contribution in [-0.4, -0.2) is 30.2 Å². The Kier molecular flexibility index (Phi) is 8.84. The number of carboxylic acid groups (broad SMARTS) is 1. The fourth-order valence-electron chi connectivity index (χ4n) is 0.732. The maximum atomic E-state index is 10.6. The summed E-state index contributed by atoms with van der Waals surface area (Å²) in [5, 5.41) is 8.31. The van der Waals surface area contributed by atoms with E-state index < -0.39 is 12.0 Å². The first-order chi connectivity index (χ1) is 5.56. The molecule has 0 bridgehead atoms. The molecule has 1 unspecified atom stereocenters. The zero-order valence-electron chi connectivity index (χ0n) is 7.36. The summed E-state index contributed by atoms with van der Waals surface area (Å²) < 4.78 is 4.36. The summed E-state index contributed by atoms with van der Waals surface area (Å²) in [7, 11) is 1.28. The Morgan fingerprint density at radius 2 is 2.08 bits per heavy atom. The monoisotopic (exact) mass is 211 g/mol. The molecule has 0 spiro atoms. The van der Waals surface area contributed by atoms with E-state index in [1.165, 1.54) is 7.11 Å². The summed E-state index contributed by atoms with van der Waals surface area (Å²) in [4.78, 5) is 20.7. The van der Waals surface area contributed by atoms with Crippen LogP contribution in [0.25, 0.3) is 0 Å². The van der Waals surface area contributed by atoms with E-state index >= 15 is 0 Å². The summed E-state index contributed by atoms with van der Waals surface area (Å²) in [6, 6.07) is -0.471. The molecule has 0 fully saturated rings. The molecule has 0 rings (SSSR count). The lowest BCUT2D eigenvalue weighted by molar-refractivity contribution is -0.142. The van der Waals surface area contributed by atoms with E-state index in [9.17, 15) is 9.59 Å². The maximum Gasteiger partial charge on any atom is 0.305 e. The van der Waals surface area contributed by atoms with E-state index in [0.717, 1.165) is 0 Å². The summed E-state index contributed by atoms with van der Waals surface area (Å²) in [5.74, 6) is -1.32. The van der Waals surface area contributed by atoms with Crippen molar-refractivity contribution in [2.24, 2.45) is 5.73 Å². The first-order valence-corrected chi connectivity index (χ1v) is 3.60. The third kappa shape index (κ3) is 9.10. The number of rotatable bonds is 5. The van der Waals surface area contributed by atoms with Crippen LogP contribution in [0.15, 0.2) is 0 Å². The highest BCUT2D eigenvalue weighted by Gasteiger charge is 2.10. The normalized spacial score (nSPS) is 11.2. The molecule has 0 saturated heterocycles. The third-order valence-corrected chi connectivity index (χ3v) is 1.38. The number of nitrogens with two attached hydrogens (primary N) is 1. The Morgan fingerprint density at radius 3 is 2.46 bits per heavy atom. The molecule has 0 aliphatic heterocycles. The molecule has 0 aromatic heterocycles. The van der Waals surface area contributed by atoms with Gasteiger partial charge in [0.15, 0.2) is 0 Å². The van der Waals surface area contributed by atoms with Gasteiger partial charge in [-0.05, 0) is 6.42 Å². The molecule has 0 radical (unpaired) electrons. The summed E-state index contributed by atoms with van der Waals surface area (Å²) in [5.41, 5.74) is 5.39. The van der Waals surface area contributed by atoms with Crippen molar-refractivity contribution in [3.8, 4) is 0 Å². The number of hydrogen-bond donors (Lipinski definition) is 2. The Labute approximate surface area is 82.7 Å². The molecule has 0 aliphatic rings. The van der Waals surface area contributed by atoms with Crippen molar-refractivity contribution < 1.29 is 19.4 Å². The third-order valence-electron chi connectivity index (χ3n) is 1.38. The fraction of sp³-hybridized carbons (Fsp3) is 0.714. The number of ether oxygens (including phenoxy) is 1. The number of carboxylic acids is 1. The minimum Gasteiger partial charge on any atom is -0.481 e. The highest BCUT2D eigenvalue weighted by Crippen LogP contribution is 1.99. The van der Waals surface area contributed by atoms with E-state index in [1.54, 1.807) is 0 Å². The smallest absolute Gasteiger partial charge is 0.305 e. The molecule has 0 aliphatic carbocycles. The van der Waals surface area contributed by atoms with Gasteiger partial charge >= 0.3 is 11.9 Å². The molecular weight excluding hydrogens is 198 g/mol. The summed E-state index contributed by atoms with van der Waals surface area (Å²) in [6.45, 7) is 0. The second-order valence-corrected chi connectivity index (χ2v) is 2.47. The van der Waals surface area contributed by atoms with Gasteiger partial charge in [-0.2, -0.15) is 0 Å². The van der Waals surface area contributed by atoms with Gasteiger partial charge in [0, 0.05) is 12.5 Å². The minimum absolute atomic E-state index is 0. The van der Waals surface area contributed by atoms with Crippen LogP contribution < -0.4 is 5.73 Å². The van der Waals surface area contributed by atoms with E-state index in [0.29, 0.717) is 6.42 Å². The van der Waals surface area contributed by atoms with Gasteiger partial charge in [0.25, 0.3) is 0 Å². The first kappa shape index (κ1) is 14.7. The number of esters is 1. The highest BCUT2D eigenvalue weighted by molar-refractivity contribution is 5.85. The molecule has 0 aromatic rings. The highest BCUT2D eigenvalue weighted by atomic mass is 35.5. The number of methoxy groups -OCH3 is 1. The van der Waals surface area contributed by atoms with E-state index in [1.807, 2.05) is 0 Å². The van der Waals surface area contributed by atoms with Crippen LogP contribution in [0, 0.1) is 0 Å². The van der Waals surface area contributed by atoms with Crippen molar-refractivity contribution in [3.05, 3.63) is 0 Å². The molecular formula is C7H14ClNO4. The Bertz CT molecular complexity index is 174. The summed E-state index contributed by atoms with van der Waals surface area (Å²) in [6.07, 6.45) is 0.404. The Morgan fingerprint density at radius 1 is 1.54 bits per heavy atom. The number of halogens is 1. The number of aliphatic carboxylic acids is 1. The van der Waals surface area contributed by atoms with Crippen molar-refractivity contribution in [2.45, 2.75) is 25.3 Å². The number of carbonyl (C=O) groups excluding carboxylic acids is 1. The maximum absolute atomic E-state index is 10.6. The molecule has 1 atom stereocenters. The average molecular weight is 212 g/mol.